The fourth-order valence-corrected chi connectivity index (χ4v) is 1.42. The van der Waals surface area contributed by atoms with Crippen LogP contribution in [-0.2, 0) is 4.79 Å². The van der Waals surface area contributed by atoms with Gasteiger partial charge >= 0.3 is 5.97 Å². The van der Waals surface area contributed by atoms with Crippen molar-refractivity contribution in [2.45, 2.75) is 20.3 Å². The van der Waals surface area contributed by atoms with Crippen LogP contribution in [0.1, 0.15) is 20.3 Å². The van der Waals surface area contributed by atoms with Crippen LogP contribution in [-0.4, -0.2) is 11.1 Å². The molecule has 60 valence electrons. The van der Waals surface area contributed by atoms with Gasteiger partial charge in [0.2, 0.25) is 0 Å². The van der Waals surface area contributed by atoms with Crippen LogP contribution in [0.25, 0.3) is 0 Å². The highest BCUT2D eigenvalue weighted by Gasteiger charge is 2.19. The van der Waals surface area contributed by atoms with Crippen molar-refractivity contribution in [1.82, 2.24) is 0 Å². The van der Waals surface area contributed by atoms with Gasteiger partial charge in [-0.1, -0.05) is 19.1 Å². The zero-order chi connectivity index (χ0) is 8.43. The minimum atomic E-state index is -0.778. The maximum atomic E-state index is 10.7. The normalized spacial score (nSPS) is 24.0. The average Bonchev–Trinajstić information content (AvgIpc) is 1.85. The Hall–Kier alpha value is -1.05. The number of carbonyl (C=O) groups is 1. The van der Waals surface area contributed by atoms with E-state index in [0.29, 0.717) is 5.57 Å². The first-order chi connectivity index (χ1) is 5.13. The summed E-state index contributed by atoms with van der Waals surface area (Å²) in [6, 6.07) is 0. The summed E-state index contributed by atoms with van der Waals surface area (Å²) >= 11 is 0. The molecule has 1 atom stereocenters. The second-order valence-corrected chi connectivity index (χ2v) is 2.94. The molecule has 0 aromatic heterocycles. The number of carboxylic acid groups (broad SMARTS) is 1. The van der Waals surface area contributed by atoms with Crippen LogP contribution in [0.2, 0.25) is 0 Å². The van der Waals surface area contributed by atoms with Crippen molar-refractivity contribution in [2.75, 3.05) is 0 Å². The van der Waals surface area contributed by atoms with E-state index in [1.807, 2.05) is 26.0 Å². The summed E-state index contributed by atoms with van der Waals surface area (Å²) in [5.41, 5.74) is 1.45. The Kier molecular flexibility index (Phi) is 2.13. The van der Waals surface area contributed by atoms with Crippen LogP contribution in [0.5, 0.6) is 0 Å². The fraction of sp³-hybridized carbons (Fsp3) is 0.444. The van der Waals surface area contributed by atoms with Gasteiger partial charge in [-0.25, -0.2) is 4.79 Å². The monoisotopic (exact) mass is 152 g/mol. The van der Waals surface area contributed by atoms with Crippen molar-refractivity contribution in [3.8, 4) is 0 Å². The van der Waals surface area contributed by atoms with Gasteiger partial charge in [0.25, 0.3) is 0 Å². The van der Waals surface area contributed by atoms with Gasteiger partial charge in [-0.3, -0.25) is 0 Å². The van der Waals surface area contributed by atoms with Crippen molar-refractivity contribution in [1.29, 1.82) is 0 Å². The molecule has 11 heavy (non-hydrogen) atoms. The number of hydrogen-bond donors (Lipinski definition) is 1. The van der Waals surface area contributed by atoms with Crippen LogP contribution >= 0.6 is 0 Å². The van der Waals surface area contributed by atoms with Gasteiger partial charge < -0.3 is 5.11 Å². The van der Waals surface area contributed by atoms with Gasteiger partial charge in [-0.2, -0.15) is 0 Å². The zero-order valence-corrected chi connectivity index (χ0v) is 6.79. The van der Waals surface area contributed by atoms with Gasteiger partial charge in [-0.15, -0.1) is 0 Å². The summed E-state index contributed by atoms with van der Waals surface area (Å²) in [4.78, 5) is 10.7. The van der Waals surface area contributed by atoms with E-state index in [1.165, 1.54) is 0 Å². The molecule has 0 saturated carbocycles. The Morgan fingerprint density at radius 3 is 2.73 bits per heavy atom. The number of aliphatic carboxylic acids is 1. The number of hydrogen-bond acceptors (Lipinski definition) is 1. The molecule has 0 saturated heterocycles. The molecule has 1 N–H and O–H groups in total. The lowest BCUT2D eigenvalue weighted by atomic mass is 9.89. The molecule has 0 aliphatic heterocycles. The third kappa shape index (κ3) is 1.50. The van der Waals surface area contributed by atoms with Crippen molar-refractivity contribution >= 4 is 5.97 Å². The van der Waals surface area contributed by atoms with E-state index in [0.717, 1.165) is 12.0 Å². The lowest BCUT2D eigenvalue weighted by Crippen LogP contribution is -2.13. The molecular weight excluding hydrogens is 140 g/mol. The Morgan fingerprint density at radius 1 is 1.73 bits per heavy atom. The smallest absolute Gasteiger partial charge is 0.332 e. The Balaban J connectivity index is 3.01. The van der Waals surface area contributed by atoms with Gasteiger partial charge in [0.05, 0.1) is 0 Å². The first-order valence-corrected chi connectivity index (χ1v) is 3.73. The molecule has 0 fully saturated rings. The predicted octanol–water partition coefficient (Wildman–Crippen LogP) is 1.98. The summed E-state index contributed by atoms with van der Waals surface area (Å²) in [5.74, 6) is -0.614. The first-order valence-electron chi connectivity index (χ1n) is 3.73. The quantitative estimate of drug-likeness (QED) is 0.623. The molecule has 0 aromatic rings. The van der Waals surface area contributed by atoms with Crippen molar-refractivity contribution in [3.05, 3.63) is 23.3 Å². The van der Waals surface area contributed by atoms with E-state index >= 15 is 0 Å². The second kappa shape index (κ2) is 2.91. The number of allylic oxidation sites excluding steroid dienone is 3. The van der Waals surface area contributed by atoms with Crippen LogP contribution in [0, 0.1) is 5.92 Å². The maximum Gasteiger partial charge on any atom is 0.332 e. The zero-order valence-electron chi connectivity index (χ0n) is 6.79. The van der Waals surface area contributed by atoms with Crippen molar-refractivity contribution < 1.29 is 9.90 Å². The molecule has 0 heterocycles. The molecule has 0 aromatic carbocycles. The second-order valence-electron chi connectivity index (χ2n) is 2.94. The maximum absolute atomic E-state index is 10.7. The molecule has 0 spiro atoms. The third-order valence-corrected chi connectivity index (χ3v) is 2.01. The van der Waals surface area contributed by atoms with Gasteiger partial charge in [0.1, 0.15) is 0 Å². The fourth-order valence-electron chi connectivity index (χ4n) is 1.42. The molecule has 2 nitrogen and oxygen atoms in total. The van der Waals surface area contributed by atoms with Crippen LogP contribution in [0.3, 0.4) is 0 Å². The average molecular weight is 152 g/mol. The molecule has 1 rings (SSSR count). The minimum absolute atomic E-state index is 0.164. The van der Waals surface area contributed by atoms with Gasteiger partial charge in [-0.05, 0) is 24.8 Å². The highest BCUT2D eigenvalue weighted by atomic mass is 16.4. The Bertz CT molecular complexity index is 236. The van der Waals surface area contributed by atoms with E-state index < -0.39 is 5.97 Å². The summed E-state index contributed by atoms with van der Waals surface area (Å²) in [7, 11) is 0. The lowest BCUT2D eigenvalue weighted by molar-refractivity contribution is -0.133. The standard InChI is InChI=1S/C9H12O2/c1-6-4-3-5-7(2)8(6)9(10)11/h3-4,7H,5H2,1-2H3,(H,10,11). The predicted molar refractivity (Wildman–Crippen MR) is 43.3 cm³/mol. The van der Waals surface area contributed by atoms with Gasteiger partial charge in [0, 0.05) is 5.57 Å². The topological polar surface area (TPSA) is 37.3 Å². The Labute approximate surface area is 66.2 Å². The third-order valence-electron chi connectivity index (χ3n) is 2.01. The molecule has 1 aliphatic rings. The van der Waals surface area contributed by atoms with Crippen molar-refractivity contribution in [2.24, 2.45) is 5.92 Å². The number of carboxylic acids is 1. The first kappa shape index (κ1) is 8.05. The van der Waals surface area contributed by atoms with E-state index in [2.05, 4.69) is 0 Å². The van der Waals surface area contributed by atoms with E-state index in [9.17, 15) is 4.79 Å². The summed E-state index contributed by atoms with van der Waals surface area (Å²) in [6.45, 7) is 3.78. The molecule has 1 unspecified atom stereocenters. The van der Waals surface area contributed by atoms with E-state index in [-0.39, 0.29) is 5.92 Å². The summed E-state index contributed by atoms with van der Waals surface area (Å²) < 4.78 is 0. The van der Waals surface area contributed by atoms with Crippen molar-refractivity contribution in [3.63, 3.8) is 0 Å². The van der Waals surface area contributed by atoms with Crippen LogP contribution in [0.15, 0.2) is 23.3 Å². The highest BCUT2D eigenvalue weighted by Crippen LogP contribution is 2.24. The molecule has 2 heteroatoms. The molecule has 0 amide bonds. The Morgan fingerprint density at radius 2 is 2.36 bits per heavy atom. The van der Waals surface area contributed by atoms with Crippen LogP contribution in [0.4, 0.5) is 0 Å². The molecular formula is C9H12O2. The van der Waals surface area contributed by atoms with Crippen LogP contribution < -0.4 is 0 Å². The molecule has 0 bridgehead atoms. The highest BCUT2D eigenvalue weighted by molar-refractivity contribution is 5.89. The largest absolute Gasteiger partial charge is 0.478 e. The SMILES string of the molecule is CC1=C(C(=O)O)C(C)CC=C1. The number of rotatable bonds is 1. The molecule has 0 radical (unpaired) electrons. The van der Waals surface area contributed by atoms with Gasteiger partial charge in [0.15, 0.2) is 0 Å². The lowest BCUT2D eigenvalue weighted by Gasteiger charge is -2.16. The van der Waals surface area contributed by atoms with E-state index in [1.54, 1.807) is 0 Å². The summed E-state index contributed by atoms with van der Waals surface area (Å²) in [6.07, 6.45) is 4.74. The van der Waals surface area contributed by atoms with E-state index in [4.69, 9.17) is 5.11 Å². The minimum Gasteiger partial charge on any atom is -0.478 e. The molecule has 1 aliphatic carbocycles. The summed E-state index contributed by atoms with van der Waals surface area (Å²) in [5, 5.41) is 8.79.